The van der Waals surface area contributed by atoms with Crippen molar-refractivity contribution in [3.05, 3.63) is 69.8 Å². The zero-order valence-electron chi connectivity index (χ0n) is 17.4. The van der Waals surface area contributed by atoms with Crippen LogP contribution in [0, 0.1) is 5.41 Å². The van der Waals surface area contributed by atoms with Crippen LogP contribution in [0.2, 0.25) is 0 Å². The summed E-state index contributed by atoms with van der Waals surface area (Å²) in [5.74, 6) is -5.65. The Hall–Kier alpha value is -3.72. The summed E-state index contributed by atoms with van der Waals surface area (Å²) in [4.78, 5) is 46.4. The number of carboxylic acids is 4. The van der Waals surface area contributed by atoms with E-state index in [9.17, 15) is 39.6 Å². The molecule has 9 heteroatoms. The molecule has 0 aromatic heterocycles. The molecule has 0 atom stereocenters. The average Bonchev–Trinajstić information content (AvgIpc) is 2.71. The van der Waals surface area contributed by atoms with Crippen molar-refractivity contribution in [2.75, 3.05) is 6.61 Å². The van der Waals surface area contributed by atoms with E-state index in [1.807, 2.05) is 13.8 Å². The predicted octanol–water partition coefficient (Wildman–Crippen LogP) is 3.56. The van der Waals surface area contributed by atoms with Gasteiger partial charge in [0, 0.05) is 6.61 Å². The molecule has 168 valence electrons. The number of carboxylic acid groups (broad SMARTS) is 4. The largest absolute Gasteiger partial charge is 0.478 e. The van der Waals surface area contributed by atoms with Gasteiger partial charge < -0.3 is 25.2 Å². The zero-order chi connectivity index (χ0) is 23.8. The fourth-order valence-corrected chi connectivity index (χ4v) is 4.17. The maximum Gasteiger partial charge on any atom is 0.336 e. The Morgan fingerprint density at radius 1 is 0.719 bits per heavy atom. The Bertz CT molecular complexity index is 1050. The summed E-state index contributed by atoms with van der Waals surface area (Å²) in [5.41, 5.74) is -2.55. The predicted molar refractivity (Wildman–Crippen MR) is 110 cm³/mol. The summed E-state index contributed by atoms with van der Waals surface area (Å²) >= 11 is 0. The van der Waals surface area contributed by atoms with E-state index in [2.05, 4.69) is 0 Å². The van der Waals surface area contributed by atoms with Crippen LogP contribution in [0.4, 0.5) is 0 Å². The van der Waals surface area contributed by atoms with Crippen molar-refractivity contribution in [3.8, 4) is 0 Å². The van der Waals surface area contributed by atoms with Crippen LogP contribution >= 0.6 is 0 Å². The first-order valence-electron chi connectivity index (χ1n) is 9.74. The number of hydrogen-bond donors (Lipinski definition) is 4. The van der Waals surface area contributed by atoms with Crippen LogP contribution in [0.1, 0.15) is 79.2 Å². The highest BCUT2D eigenvalue weighted by Crippen LogP contribution is 2.49. The van der Waals surface area contributed by atoms with E-state index in [-0.39, 0.29) is 23.1 Å². The Morgan fingerprint density at radius 3 is 1.47 bits per heavy atom. The van der Waals surface area contributed by atoms with Gasteiger partial charge in [-0.3, -0.25) is 0 Å². The van der Waals surface area contributed by atoms with Gasteiger partial charge in [-0.25, -0.2) is 19.2 Å². The summed E-state index contributed by atoms with van der Waals surface area (Å²) in [7, 11) is 0. The molecule has 0 radical (unpaired) electrons. The molecule has 9 nitrogen and oxygen atoms in total. The third-order valence-electron chi connectivity index (χ3n) is 5.75. The maximum absolute atomic E-state index is 11.7. The molecule has 1 fully saturated rings. The van der Waals surface area contributed by atoms with Gasteiger partial charge in [-0.1, -0.05) is 26.0 Å². The monoisotopic (exact) mass is 442 g/mol. The zero-order valence-corrected chi connectivity index (χ0v) is 17.4. The minimum absolute atomic E-state index is 0.277. The molecule has 1 aliphatic rings. The maximum atomic E-state index is 11.7. The average molecular weight is 442 g/mol. The second-order valence-electron chi connectivity index (χ2n) is 8.51. The van der Waals surface area contributed by atoms with Gasteiger partial charge in [-0.15, -0.1) is 0 Å². The van der Waals surface area contributed by atoms with Crippen molar-refractivity contribution in [2.24, 2.45) is 5.41 Å². The molecule has 3 rings (SSSR count). The molecule has 0 unspecified atom stereocenters. The molecule has 0 saturated carbocycles. The molecule has 1 saturated heterocycles. The minimum atomic E-state index is -1.43. The standard InChI is InChI=1S/C23H22O9/c1-22(2)7-8-32-23(11-22,12-3-5-14(18(24)25)16(9-12)20(28)29)13-4-6-15(19(26)27)17(10-13)21(30)31/h3-6,9-10H,7-8,11H2,1-2H3,(H,24,25)(H,26,27)(H,28,29)(H,30,31). The van der Waals surface area contributed by atoms with E-state index in [0.717, 1.165) is 0 Å². The van der Waals surface area contributed by atoms with Crippen molar-refractivity contribution in [1.82, 2.24) is 0 Å². The second kappa shape index (κ2) is 8.08. The molecular formula is C23H22O9. The smallest absolute Gasteiger partial charge is 0.336 e. The number of carbonyl (C=O) groups is 4. The van der Waals surface area contributed by atoms with E-state index in [0.29, 0.717) is 24.0 Å². The van der Waals surface area contributed by atoms with Crippen LogP contribution < -0.4 is 0 Å². The van der Waals surface area contributed by atoms with Gasteiger partial charge in [0.2, 0.25) is 0 Å². The topological polar surface area (TPSA) is 158 Å². The lowest BCUT2D eigenvalue weighted by Gasteiger charge is -2.46. The minimum Gasteiger partial charge on any atom is -0.478 e. The number of aromatic carboxylic acids is 4. The summed E-state index contributed by atoms with van der Waals surface area (Å²) in [6.45, 7) is 4.24. The number of hydrogen-bond acceptors (Lipinski definition) is 5. The third-order valence-corrected chi connectivity index (χ3v) is 5.75. The van der Waals surface area contributed by atoms with Crippen molar-refractivity contribution in [3.63, 3.8) is 0 Å². The highest BCUT2D eigenvalue weighted by molar-refractivity contribution is 6.02. The molecule has 0 aliphatic carbocycles. The van der Waals surface area contributed by atoms with Gasteiger partial charge >= 0.3 is 23.9 Å². The van der Waals surface area contributed by atoms with Crippen LogP contribution in [0.25, 0.3) is 0 Å². The summed E-state index contributed by atoms with van der Waals surface area (Å²) < 4.78 is 6.16. The van der Waals surface area contributed by atoms with Crippen molar-refractivity contribution in [1.29, 1.82) is 0 Å². The normalized spacial score (nSPS) is 16.8. The lowest BCUT2D eigenvalue weighted by atomic mass is 9.69. The Kier molecular flexibility index (Phi) is 5.80. The number of rotatable bonds is 6. The van der Waals surface area contributed by atoms with Crippen molar-refractivity contribution < 1.29 is 44.3 Å². The third kappa shape index (κ3) is 4.06. The SMILES string of the molecule is CC1(C)CCOC(c2ccc(C(=O)O)c(C(=O)O)c2)(c2ccc(C(=O)O)c(C(=O)O)c2)C1. The van der Waals surface area contributed by atoms with E-state index in [1.165, 1.54) is 36.4 Å². The van der Waals surface area contributed by atoms with Gasteiger partial charge in [-0.2, -0.15) is 0 Å². The second-order valence-corrected chi connectivity index (χ2v) is 8.51. The van der Waals surface area contributed by atoms with Crippen molar-refractivity contribution >= 4 is 23.9 Å². The molecule has 4 N–H and O–H groups in total. The first kappa shape index (κ1) is 23.0. The lowest BCUT2D eigenvalue weighted by molar-refractivity contribution is -0.0971. The molecule has 0 amide bonds. The van der Waals surface area contributed by atoms with E-state index in [1.54, 1.807) is 0 Å². The van der Waals surface area contributed by atoms with E-state index < -0.39 is 40.6 Å². The summed E-state index contributed by atoms with van der Waals surface area (Å²) in [5, 5.41) is 37.8. The Morgan fingerprint density at radius 2 is 1.12 bits per heavy atom. The van der Waals surface area contributed by atoms with Crippen LogP contribution in [0.15, 0.2) is 36.4 Å². The molecule has 0 bridgehead atoms. The quantitative estimate of drug-likeness (QED) is 0.525. The number of ether oxygens (including phenoxy) is 1. The molecule has 1 heterocycles. The number of benzene rings is 2. The van der Waals surface area contributed by atoms with E-state index >= 15 is 0 Å². The van der Waals surface area contributed by atoms with Crippen LogP contribution in [-0.4, -0.2) is 50.9 Å². The molecule has 0 spiro atoms. The van der Waals surface area contributed by atoms with Gasteiger partial charge in [0.1, 0.15) is 5.60 Å². The molecular weight excluding hydrogens is 420 g/mol. The molecule has 2 aromatic carbocycles. The summed E-state index contributed by atoms with van der Waals surface area (Å²) in [6.07, 6.45) is 1.02. The molecule has 2 aromatic rings. The first-order valence-corrected chi connectivity index (χ1v) is 9.74. The van der Waals surface area contributed by atoms with Crippen LogP contribution in [0.5, 0.6) is 0 Å². The fraction of sp³-hybridized carbons (Fsp3) is 0.304. The highest BCUT2D eigenvalue weighted by Gasteiger charge is 2.45. The van der Waals surface area contributed by atoms with Gasteiger partial charge in [0.15, 0.2) is 0 Å². The Labute approximate surface area is 182 Å². The van der Waals surface area contributed by atoms with Gasteiger partial charge in [0.05, 0.1) is 22.3 Å². The van der Waals surface area contributed by atoms with Crippen molar-refractivity contribution in [2.45, 2.75) is 32.3 Å². The molecule has 32 heavy (non-hydrogen) atoms. The summed E-state index contributed by atoms with van der Waals surface area (Å²) in [6, 6.07) is 7.69. The van der Waals surface area contributed by atoms with Crippen LogP contribution in [0.3, 0.4) is 0 Å². The van der Waals surface area contributed by atoms with Gasteiger partial charge in [-0.05, 0) is 53.6 Å². The first-order chi connectivity index (χ1) is 14.9. The Balaban J connectivity index is 2.31. The highest BCUT2D eigenvalue weighted by atomic mass is 16.5. The fourth-order valence-electron chi connectivity index (χ4n) is 4.17. The van der Waals surface area contributed by atoms with Crippen LogP contribution in [-0.2, 0) is 10.3 Å². The van der Waals surface area contributed by atoms with E-state index in [4.69, 9.17) is 4.74 Å². The van der Waals surface area contributed by atoms with Gasteiger partial charge in [0.25, 0.3) is 0 Å². The lowest BCUT2D eigenvalue weighted by Crippen LogP contribution is -2.42. The molecule has 1 aliphatic heterocycles.